The molecule has 8 nitrogen and oxygen atoms in total. The van der Waals surface area contributed by atoms with E-state index in [1.165, 1.54) is 11.1 Å². The minimum atomic E-state index is -0.0201. The molecule has 8 heteroatoms. The number of rotatable bonds is 24. The van der Waals surface area contributed by atoms with E-state index in [0.717, 1.165) is 74.1 Å². The summed E-state index contributed by atoms with van der Waals surface area (Å²) < 4.78 is 45.3. The fourth-order valence-electron chi connectivity index (χ4n) is 5.08. The second kappa shape index (κ2) is 18.2. The summed E-state index contributed by atoms with van der Waals surface area (Å²) >= 11 is 0. The molecule has 5 atom stereocenters. The highest BCUT2D eigenvalue weighted by atomic mass is 16.6. The maximum atomic E-state index is 6.19. The van der Waals surface area contributed by atoms with E-state index >= 15 is 0 Å². The lowest BCUT2D eigenvalue weighted by atomic mass is 9.87. The van der Waals surface area contributed by atoms with Crippen LogP contribution in [0.3, 0.4) is 0 Å². The van der Waals surface area contributed by atoms with Crippen molar-refractivity contribution in [2.45, 2.75) is 57.0 Å². The number of benzene rings is 2. The molecule has 0 saturated carbocycles. The second-order valence-electron chi connectivity index (χ2n) is 12.3. The largest absolute Gasteiger partial charge is 0.491 e. The van der Waals surface area contributed by atoms with Crippen LogP contribution in [0.15, 0.2) is 85.7 Å². The topological polar surface area (TPSA) is 83.7 Å². The maximum absolute atomic E-state index is 6.19. The Balaban J connectivity index is 1.38. The molecule has 0 bridgehead atoms. The van der Waals surface area contributed by atoms with Crippen LogP contribution < -0.4 is 9.47 Å². The van der Waals surface area contributed by atoms with Gasteiger partial charge in [0.25, 0.3) is 0 Å². The zero-order chi connectivity index (χ0) is 32.8. The minimum absolute atomic E-state index is 0.0201. The number of hydrogen-bond acceptors (Lipinski definition) is 8. The number of hydrogen-bond donors (Lipinski definition) is 0. The van der Waals surface area contributed by atoms with E-state index in [2.05, 4.69) is 55.6 Å². The Kier molecular flexibility index (Phi) is 13.5. The maximum Gasteiger partial charge on any atom is 0.120 e. The van der Waals surface area contributed by atoms with Gasteiger partial charge in [-0.1, -0.05) is 36.9 Å². The summed E-state index contributed by atoms with van der Waals surface area (Å²) in [5.74, 6) is 2.64. The molecule has 0 amide bonds. The number of allylic oxidation sites excluding steroid dienone is 5. The van der Waals surface area contributed by atoms with E-state index in [1.807, 2.05) is 25.1 Å². The first kappa shape index (κ1) is 34.9. The van der Waals surface area contributed by atoms with Crippen molar-refractivity contribution in [1.29, 1.82) is 0 Å². The molecule has 0 N–H and O–H groups in total. The minimum Gasteiger partial charge on any atom is -0.491 e. The average molecular weight is 647 g/mol. The Morgan fingerprint density at radius 2 is 1.55 bits per heavy atom. The Bertz CT molecular complexity index is 1350. The highest BCUT2D eigenvalue weighted by Crippen LogP contribution is 2.36. The molecule has 3 fully saturated rings. The molecule has 3 saturated heterocycles. The van der Waals surface area contributed by atoms with Crippen molar-refractivity contribution >= 4 is 0 Å². The summed E-state index contributed by atoms with van der Waals surface area (Å²) in [6, 6.07) is 12.7. The summed E-state index contributed by atoms with van der Waals surface area (Å²) in [7, 11) is 1.70. The Morgan fingerprint density at radius 3 is 2.23 bits per heavy atom. The lowest BCUT2D eigenvalue weighted by molar-refractivity contribution is 0.0717. The molecule has 47 heavy (non-hydrogen) atoms. The second-order valence-corrected chi connectivity index (χ2v) is 12.3. The highest BCUT2D eigenvalue weighted by Gasteiger charge is 2.24. The number of methoxy groups -OCH3 is 1. The zero-order valence-corrected chi connectivity index (χ0v) is 27.9. The van der Waals surface area contributed by atoms with Crippen LogP contribution in [-0.4, -0.2) is 84.4 Å². The lowest BCUT2D eigenvalue weighted by Gasteiger charge is -2.20. The van der Waals surface area contributed by atoms with Gasteiger partial charge in [0, 0.05) is 13.7 Å². The molecular formula is C39H50O8. The van der Waals surface area contributed by atoms with Gasteiger partial charge in [0.05, 0.1) is 32.5 Å². The molecule has 2 aromatic carbocycles. The molecule has 3 aliphatic heterocycles. The van der Waals surface area contributed by atoms with Crippen molar-refractivity contribution < 1.29 is 37.9 Å². The Morgan fingerprint density at radius 1 is 0.894 bits per heavy atom. The van der Waals surface area contributed by atoms with Gasteiger partial charge in [-0.3, -0.25) is 0 Å². The predicted molar refractivity (Wildman–Crippen MR) is 183 cm³/mol. The van der Waals surface area contributed by atoms with E-state index in [1.54, 1.807) is 13.2 Å². The zero-order valence-electron chi connectivity index (χ0n) is 27.9. The van der Waals surface area contributed by atoms with E-state index < -0.39 is 0 Å². The third kappa shape index (κ3) is 12.3. The van der Waals surface area contributed by atoms with Crippen molar-refractivity contribution in [3.05, 3.63) is 96.8 Å². The van der Waals surface area contributed by atoms with E-state index in [-0.39, 0.29) is 24.4 Å². The van der Waals surface area contributed by atoms with Crippen LogP contribution in [0, 0.1) is 5.92 Å². The summed E-state index contributed by atoms with van der Waals surface area (Å²) in [5, 5.41) is 0. The molecule has 0 radical (unpaired) electrons. The van der Waals surface area contributed by atoms with E-state index in [9.17, 15) is 0 Å². The molecule has 5 rings (SSSR count). The van der Waals surface area contributed by atoms with E-state index in [4.69, 9.17) is 37.9 Å². The number of epoxide rings is 3. The average Bonchev–Trinajstić information content (AvgIpc) is 3.93. The molecule has 4 unspecified atom stereocenters. The standard InChI is InChI=1S/C39H50O8/c1-5-29(10-9-17-41-22-35-23-45-35)18-31-14-16-33(42-21-28(3)40-4)20-39(31)38-19-34(44-25-37-27-47-37)15-13-30(38)11-7-8-12-32(6-2)43-24-36-26-46-36/h5-8,12-16,19-20,28-29,35-37H,1-2,9-11,17-18,21-27H2,3-4H3/b8-7+,32-12+/t28-,29?,35?,36?,37?/m0/s1. The van der Waals surface area contributed by atoms with E-state index in [0.29, 0.717) is 38.8 Å². The van der Waals surface area contributed by atoms with Gasteiger partial charge < -0.3 is 37.9 Å². The van der Waals surface area contributed by atoms with Crippen LogP contribution in [0.25, 0.3) is 11.1 Å². The summed E-state index contributed by atoms with van der Waals surface area (Å²) in [4.78, 5) is 0. The van der Waals surface area contributed by atoms with Gasteiger partial charge in [-0.25, -0.2) is 0 Å². The summed E-state index contributed by atoms with van der Waals surface area (Å²) in [6.45, 7) is 15.3. The Hall–Kier alpha value is -3.40. The monoisotopic (exact) mass is 646 g/mol. The normalized spacial score (nSPS) is 21.2. The number of ether oxygens (including phenoxy) is 8. The predicted octanol–water partition coefficient (Wildman–Crippen LogP) is 6.67. The van der Waals surface area contributed by atoms with Crippen LogP contribution in [0.2, 0.25) is 0 Å². The molecule has 0 aliphatic carbocycles. The van der Waals surface area contributed by atoms with Gasteiger partial charge in [0.1, 0.15) is 55.4 Å². The van der Waals surface area contributed by atoms with Gasteiger partial charge in [0.15, 0.2) is 0 Å². The molecule has 254 valence electrons. The fourth-order valence-corrected chi connectivity index (χ4v) is 5.08. The highest BCUT2D eigenvalue weighted by molar-refractivity contribution is 5.74. The molecule has 0 spiro atoms. The molecule has 2 aromatic rings. The van der Waals surface area contributed by atoms with Crippen molar-refractivity contribution in [2.75, 3.05) is 60.0 Å². The van der Waals surface area contributed by atoms with Crippen LogP contribution >= 0.6 is 0 Å². The van der Waals surface area contributed by atoms with Crippen molar-refractivity contribution in [2.24, 2.45) is 5.92 Å². The third-order valence-electron chi connectivity index (χ3n) is 8.34. The Labute approximate surface area is 279 Å². The first-order valence-electron chi connectivity index (χ1n) is 16.8. The van der Waals surface area contributed by atoms with Crippen LogP contribution in [-0.2, 0) is 41.3 Å². The lowest BCUT2D eigenvalue weighted by Crippen LogP contribution is -2.16. The third-order valence-corrected chi connectivity index (χ3v) is 8.34. The van der Waals surface area contributed by atoms with Crippen molar-refractivity contribution in [1.82, 2.24) is 0 Å². The first-order chi connectivity index (χ1) is 23.0. The molecule has 3 aliphatic rings. The SMILES string of the molecule is C=C/C(=C\C=C\Cc1ccc(OCC2CO2)cc1-c1cc(OC[C@H](C)OC)ccc1CC(C=C)CCCOCC1CO1)OCC1CO1. The van der Waals surface area contributed by atoms with Gasteiger partial charge in [-0.15, -0.1) is 6.58 Å². The molecular weight excluding hydrogens is 596 g/mol. The summed E-state index contributed by atoms with van der Waals surface area (Å²) in [6.07, 6.45) is 14.0. The van der Waals surface area contributed by atoms with Gasteiger partial charge in [0.2, 0.25) is 0 Å². The van der Waals surface area contributed by atoms with Gasteiger partial charge in [-0.2, -0.15) is 0 Å². The quantitative estimate of drug-likeness (QED) is 0.0411. The van der Waals surface area contributed by atoms with Crippen LogP contribution in [0.1, 0.15) is 30.9 Å². The van der Waals surface area contributed by atoms with Crippen LogP contribution in [0.5, 0.6) is 11.5 Å². The van der Waals surface area contributed by atoms with Gasteiger partial charge >= 0.3 is 0 Å². The van der Waals surface area contributed by atoms with Gasteiger partial charge in [-0.05, 0) is 97.2 Å². The molecule has 0 aromatic heterocycles. The van der Waals surface area contributed by atoms with Crippen molar-refractivity contribution in [3.63, 3.8) is 0 Å². The first-order valence-corrected chi connectivity index (χ1v) is 16.8. The molecule has 3 heterocycles. The smallest absolute Gasteiger partial charge is 0.120 e. The summed E-state index contributed by atoms with van der Waals surface area (Å²) in [5.41, 5.74) is 4.63. The van der Waals surface area contributed by atoms with Crippen molar-refractivity contribution in [3.8, 4) is 22.6 Å². The fraction of sp³-hybridized carbons (Fsp3) is 0.487. The van der Waals surface area contributed by atoms with Crippen LogP contribution in [0.4, 0.5) is 0 Å².